The van der Waals surface area contributed by atoms with Crippen LogP contribution in [0.2, 0.25) is 0 Å². The lowest BCUT2D eigenvalue weighted by Gasteiger charge is -2.17. The molecule has 17 heavy (non-hydrogen) atoms. The van der Waals surface area contributed by atoms with Crippen LogP contribution >= 0.6 is 0 Å². The van der Waals surface area contributed by atoms with Crippen LogP contribution in [0.4, 0.5) is 22.0 Å². The van der Waals surface area contributed by atoms with E-state index in [1.807, 2.05) is 0 Å². The summed E-state index contributed by atoms with van der Waals surface area (Å²) >= 11 is 0. The normalized spacial score (nSPS) is 11.6. The number of alkyl halides is 5. The van der Waals surface area contributed by atoms with Gasteiger partial charge in [-0.3, -0.25) is 4.98 Å². The summed E-state index contributed by atoms with van der Waals surface area (Å²) in [7, 11) is 0. The number of nitrogens with zero attached hydrogens (tertiary/aromatic N) is 2. The van der Waals surface area contributed by atoms with E-state index >= 15 is 0 Å². The Labute approximate surface area is 93.7 Å². The van der Waals surface area contributed by atoms with E-state index in [1.54, 1.807) is 0 Å². The number of halogens is 5. The molecule has 0 spiro atoms. The van der Waals surface area contributed by atoms with E-state index in [4.69, 9.17) is 5.26 Å². The van der Waals surface area contributed by atoms with Crippen LogP contribution in [0, 0.1) is 18.3 Å². The van der Waals surface area contributed by atoms with Gasteiger partial charge in [-0.05, 0) is 12.5 Å². The van der Waals surface area contributed by atoms with Gasteiger partial charge in [0, 0.05) is 11.8 Å². The Bertz CT molecular complexity index is 459. The molecule has 0 amide bonds. The van der Waals surface area contributed by atoms with Crippen molar-refractivity contribution < 1.29 is 22.0 Å². The van der Waals surface area contributed by atoms with E-state index in [-0.39, 0.29) is 5.56 Å². The van der Waals surface area contributed by atoms with E-state index < -0.39 is 35.8 Å². The number of rotatable bonds is 2. The van der Waals surface area contributed by atoms with Crippen molar-refractivity contribution in [1.29, 1.82) is 5.26 Å². The molecule has 0 aromatic carbocycles. The van der Waals surface area contributed by atoms with E-state index in [2.05, 4.69) is 4.98 Å². The minimum Gasteiger partial charge on any atom is -0.259 e. The molecule has 92 valence electrons. The molecule has 0 radical (unpaired) electrons. The maximum Gasteiger partial charge on any atom is 0.418 e. The summed E-state index contributed by atoms with van der Waals surface area (Å²) in [4.78, 5) is 3.40. The van der Waals surface area contributed by atoms with Crippen LogP contribution in [0.15, 0.2) is 6.20 Å². The molecule has 0 unspecified atom stereocenters. The fraction of sp³-hybridized carbons (Fsp3) is 0.400. The standard InChI is InChI=1S/C10H7F5N2/c1-5-4-17-6(2-3-16)8(10(13,14)15)7(5)9(11)12/h4,9H,2H2,1H3. The summed E-state index contributed by atoms with van der Waals surface area (Å²) in [6, 6.07) is 1.47. The van der Waals surface area contributed by atoms with Crippen molar-refractivity contribution in [2.45, 2.75) is 25.9 Å². The Balaban J connectivity index is 3.57. The molecule has 0 N–H and O–H groups in total. The van der Waals surface area contributed by atoms with E-state index in [0.29, 0.717) is 0 Å². The van der Waals surface area contributed by atoms with E-state index in [0.717, 1.165) is 13.1 Å². The van der Waals surface area contributed by atoms with E-state index in [1.165, 1.54) is 6.07 Å². The third-order valence-electron chi connectivity index (χ3n) is 2.14. The van der Waals surface area contributed by atoms with Crippen LogP contribution < -0.4 is 0 Å². The first-order chi connectivity index (χ1) is 7.79. The smallest absolute Gasteiger partial charge is 0.259 e. The Morgan fingerprint density at radius 1 is 1.41 bits per heavy atom. The largest absolute Gasteiger partial charge is 0.418 e. The predicted molar refractivity (Wildman–Crippen MR) is 48.3 cm³/mol. The SMILES string of the molecule is Cc1cnc(CC#N)c(C(F)(F)F)c1C(F)F. The quantitative estimate of drug-likeness (QED) is 0.754. The molecule has 0 saturated heterocycles. The number of hydrogen-bond donors (Lipinski definition) is 0. The molecule has 1 rings (SSSR count). The van der Waals surface area contributed by atoms with Crippen molar-refractivity contribution in [1.82, 2.24) is 4.98 Å². The second kappa shape index (κ2) is 4.65. The Morgan fingerprint density at radius 2 is 2.00 bits per heavy atom. The highest BCUT2D eigenvalue weighted by atomic mass is 19.4. The van der Waals surface area contributed by atoms with Crippen molar-refractivity contribution in [3.63, 3.8) is 0 Å². The summed E-state index contributed by atoms with van der Waals surface area (Å²) in [5.74, 6) is 0. The van der Waals surface area contributed by atoms with Gasteiger partial charge >= 0.3 is 6.18 Å². The average molecular weight is 250 g/mol. The van der Waals surface area contributed by atoms with Crippen molar-refractivity contribution in [2.24, 2.45) is 0 Å². The number of hydrogen-bond acceptors (Lipinski definition) is 2. The highest BCUT2D eigenvalue weighted by molar-refractivity contribution is 5.40. The molecule has 0 bridgehead atoms. The summed E-state index contributed by atoms with van der Waals surface area (Å²) in [5, 5.41) is 8.36. The lowest BCUT2D eigenvalue weighted by Crippen LogP contribution is -2.16. The zero-order chi connectivity index (χ0) is 13.2. The Hall–Kier alpha value is -1.71. The van der Waals surface area contributed by atoms with Crippen LogP contribution in [-0.4, -0.2) is 4.98 Å². The third-order valence-corrected chi connectivity index (χ3v) is 2.14. The number of aryl methyl sites for hydroxylation is 1. The van der Waals surface area contributed by atoms with Gasteiger partial charge in [0.25, 0.3) is 6.43 Å². The number of nitriles is 1. The minimum atomic E-state index is -4.95. The predicted octanol–water partition coefficient (Wildman–Crippen LogP) is 3.41. The van der Waals surface area contributed by atoms with Crippen molar-refractivity contribution >= 4 is 0 Å². The molecule has 7 heteroatoms. The van der Waals surface area contributed by atoms with Gasteiger partial charge in [0.1, 0.15) is 0 Å². The first-order valence-corrected chi connectivity index (χ1v) is 4.49. The summed E-state index contributed by atoms with van der Waals surface area (Å²) < 4.78 is 63.3. The minimum absolute atomic E-state index is 0.242. The summed E-state index contributed by atoms with van der Waals surface area (Å²) in [5.41, 5.74) is -3.50. The van der Waals surface area contributed by atoms with Gasteiger partial charge in [0.05, 0.1) is 23.7 Å². The molecular formula is C10H7F5N2. The van der Waals surface area contributed by atoms with Crippen molar-refractivity contribution in [3.05, 3.63) is 28.6 Å². The van der Waals surface area contributed by atoms with Gasteiger partial charge in [-0.1, -0.05) is 0 Å². The Kier molecular flexibility index (Phi) is 3.66. The highest BCUT2D eigenvalue weighted by Crippen LogP contribution is 2.39. The van der Waals surface area contributed by atoms with Crippen LogP contribution in [-0.2, 0) is 12.6 Å². The first-order valence-electron chi connectivity index (χ1n) is 4.49. The van der Waals surface area contributed by atoms with Gasteiger partial charge in [0.2, 0.25) is 0 Å². The van der Waals surface area contributed by atoms with Gasteiger partial charge in [-0.15, -0.1) is 0 Å². The van der Waals surface area contributed by atoms with Gasteiger partial charge < -0.3 is 0 Å². The van der Waals surface area contributed by atoms with Gasteiger partial charge in [0.15, 0.2) is 0 Å². The highest BCUT2D eigenvalue weighted by Gasteiger charge is 2.39. The molecule has 1 aromatic heterocycles. The van der Waals surface area contributed by atoms with E-state index in [9.17, 15) is 22.0 Å². The van der Waals surface area contributed by atoms with Crippen molar-refractivity contribution in [2.75, 3.05) is 0 Å². The van der Waals surface area contributed by atoms with Gasteiger partial charge in [-0.2, -0.15) is 18.4 Å². The molecule has 0 atom stereocenters. The zero-order valence-electron chi connectivity index (χ0n) is 8.65. The lowest BCUT2D eigenvalue weighted by atomic mass is 10.0. The third kappa shape index (κ3) is 2.70. The molecular weight excluding hydrogens is 243 g/mol. The van der Waals surface area contributed by atoms with Crippen LogP contribution in [0.1, 0.15) is 28.8 Å². The summed E-state index contributed by atoms with van der Waals surface area (Å²) in [6.45, 7) is 1.12. The van der Waals surface area contributed by atoms with Crippen LogP contribution in [0.5, 0.6) is 0 Å². The van der Waals surface area contributed by atoms with Crippen LogP contribution in [0.3, 0.4) is 0 Å². The Morgan fingerprint density at radius 3 is 2.41 bits per heavy atom. The summed E-state index contributed by atoms with van der Waals surface area (Å²) in [6.07, 6.45) is -7.94. The molecule has 0 fully saturated rings. The average Bonchev–Trinajstić information content (AvgIpc) is 2.18. The second-order valence-electron chi connectivity index (χ2n) is 3.31. The molecule has 0 aliphatic rings. The molecule has 1 heterocycles. The fourth-order valence-electron chi connectivity index (χ4n) is 1.47. The van der Waals surface area contributed by atoms with Gasteiger partial charge in [-0.25, -0.2) is 8.78 Å². The number of pyridine rings is 1. The maximum atomic E-state index is 12.7. The fourth-order valence-corrected chi connectivity index (χ4v) is 1.47. The molecule has 2 nitrogen and oxygen atoms in total. The molecule has 0 aliphatic carbocycles. The lowest BCUT2D eigenvalue weighted by molar-refractivity contribution is -0.140. The first kappa shape index (κ1) is 13.4. The monoisotopic (exact) mass is 250 g/mol. The zero-order valence-corrected chi connectivity index (χ0v) is 8.65. The maximum absolute atomic E-state index is 12.7. The van der Waals surface area contributed by atoms with Crippen LogP contribution in [0.25, 0.3) is 0 Å². The van der Waals surface area contributed by atoms with Crippen molar-refractivity contribution in [3.8, 4) is 6.07 Å². The molecule has 0 saturated carbocycles. The molecule has 1 aromatic rings. The molecule has 0 aliphatic heterocycles. The second-order valence-corrected chi connectivity index (χ2v) is 3.31. The number of aromatic nitrogens is 1. The topological polar surface area (TPSA) is 36.7 Å².